The average Bonchev–Trinajstić information content (AvgIpc) is 3.38. The van der Waals surface area contributed by atoms with Gasteiger partial charge in [-0.3, -0.25) is 4.79 Å². The van der Waals surface area contributed by atoms with Crippen molar-refractivity contribution >= 4 is 5.91 Å². The van der Waals surface area contributed by atoms with Gasteiger partial charge in [0, 0.05) is 50.9 Å². The first-order valence-electron chi connectivity index (χ1n) is 8.12. The Morgan fingerprint density at radius 2 is 1.95 bits per heavy atom. The van der Waals surface area contributed by atoms with Crippen molar-refractivity contribution in [3.63, 3.8) is 0 Å². The van der Waals surface area contributed by atoms with Crippen LogP contribution in [0.2, 0.25) is 0 Å². The van der Waals surface area contributed by atoms with Gasteiger partial charge in [0.15, 0.2) is 5.66 Å². The summed E-state index contributed by atoms with van der Waals surface area (Å²) in [4.78, 5) is 14.6. The average molecular weight is 288 g/mol. The Kier molecular flexibility index (Phi) is 4.25. The fourth-order valence-electron chi connectivity index (χ4n) is 3.13. The molecule has 2 fully saturated rings. The van der Waals surface area contributed by atoms with Crippen molar-refractivity contribution in [1.29, 1.82) is 0 Å². The van der Waals surface area contributed by atoms with Crippen LogP contribution >= 0.6 is 0 Å². The molecule has 1 saturated heterocycles. The highest BCUT2D eigenvalue weighted by atomic mass is 16.1. The Labute approximate surface area is 126 Å². The van der Waals surface area contributed by atoms with E-state index in [0.29, 0.717) is 25.3 Å². The van der Waals surface area contributed by atoms with Gasteiger partial charge in [-0.05, 0) is 25.7 Å². The summed E-state index contributed by atoms with van der Waals surface area (Å²) in [5.74, 6) is 2.75. The summed E-state index contributed by atoms with van der Waals surface area (Å²) in [6, 6.07) is 1.19. The fourth-order valence-corrected chi connectivity index (χ4v) is 3.13. The molecular formula is C16H24N4O. The lowest BCUT2D eigenvalue weighted by Gasteiger charge is -2.32. The first-order chi connectivity index (χ1) is 10.2. The summed E-state index contributed by atoms with van der Waals surface area (Å²) < 4.78 is 0. The van der Waals surface area contributed by atoms with Crippen LogP contribution < -0.4 is 5.32 Å². The van der Waals surface area contributed by atoms with E-state index in [0.717, 1.165) is 38.4 Å². The summed E-state index contributed by atoms with van der Waals surface area (Å²) >= 11 is 0. The number of piperidine rings is 1. The van der Waals surface area contributed by atoms with Gasteiger partial charge in [-0.25, -0.2) is 0 Å². The molecule has 0 aromatic rings. The number of nitrogens with zero attached hydrogens (tertiary/aromatic N) is 3. The van der Waals surface area contributed by atoms with Crippen molar-refractivity contribution in [1.82, 2.24) is 10.2 Å². The van der Waals surface area contributed by atoms with Gasteiger partial charge in [0.25, 0.3) is 0 Å². The molecule has 5 nitrogen and oxygen atoms in total. The van der Waals surface area contributed by atoms with Crippen LogP contribution in [0.4, 0.5) is 0 Å². The zero-order valence-electron chi connectivity index (χ0n) is 12.6. The number of rotatable bonds is 7. The van der Waals surface area contributed by atoms with Gasteiger partial charge in [0.1, 0.15) is 0 Å². The van der Waals surface area contributed by atoms with Crippen molar-refractivity contribution in [3.8, 4) is 12.3 Å². The summed E-state index contributed by atoms with van der Waals surface area (Å²) in [5, 5.41) is 11.3. The first-order valence-corrected chi connectivity index (χ1v) is 8.12. The van der Waals surface area contributed by atoms with E-state index in [1.807, 2.05) is 0 Å². The maximum absolute atomic E-state index is 12.0. The third-order valence-corrected chi connectivity index (χ3v) is 4.76. The number of hydrogen-bond donors (Lipinski definition) is 1. The second-order valence-electron chi connectivity index (χ2n) is 6.50. The summed E-state index contributed by atoms with van der Waals surface area (Å²) in [6.45, 7) is 2.26. The van der Waals surface area contributed by atoms with E-state index in [2.05, 4.69) is 26.4 Å². The monoisotopic (exact) mass is 288 g/mol. The number of likely N-dealkylation sites (tertiary alicyclic amines) is 1. The molecule has 0 unspecified atom stereocenters. The third-order valence-electron chi connectivity index (χ3n) is 4.76. The molecule has 0 radical (unpaired) electrons. The molecule has 2 aliphatic heterocycles. The number of nitrogens with one attached hydrogen (secondary N) is 1. The quantitative estimate of drug-likeness (QED) is 0.729. The van der Waals surface area contributed by atoms with Gasteiger partial charge in [-0.15, -0.1) is 12.3 Å². The van der Waals surface area contributed by atoms with Gasteiger partial charge < -0.3 is 10.2 Å². The number of carbonyl (C=O) groups is 1. The second-order valence-corrected chi connectivity index (χ2v) is 6.50. The predicted molar refractivity (Wildman–Crippen MR) is 80.6 cm³/mol. The molecular weight excluding hydrogens is 264 g/mol. The van der Waals surface area contributed by atoms with E-state index in [9.17, 15) is 4.79 Å². The van der Waals surface area contributed by atoms with Crippen LogP contribution in [0.15, 0.2) is 10.2 Å². The number of hydrogen-bond acceptors (Lipinski definition) is 4. The molecule has 1 amide bonds. The molecule has 0 aromatic carbocycles. The molecule has 114 valence electrons. The fraction of sp³-hybridized carbons (Fsp3) is 0.812. The number of amides is 1. The predicted octanol–water partition coefficient (Wildman–Crippen LogP) is 2.09. The van der Waals surface area contributed by atoms with Gasteiger partial charge in [0.05, 0.1) is 0 Å². The minimum Gasteiger partial charge on any atom is -0.353 e. The number of terminal acetylenes is 1. The second kappa shape index (κ2) is 6.15. The largest absolute Gasteiger partial charge is 0.353 e. The van der Waals surface area contributed by atoms with Crippen LogP contribution in [0.5, 0.6) is 0 Å². The molecule has 0 aromatic heterocycles. The minimum absolute atomic E-state index is 0.136. The highest BCUT2D eigenvalue weighted by molar-refractivity contribution is 5.76. The smallest absolute Gasteiger partial charge is 0.220 e. The highest BCUT2D eigenvalue weighted by Gasteiger charge is 2.39. The highest BCUT2D eigenvalue weighted by Crippen LogP contribution is 2.37. The van der Waals surface area contributed by atoms with Crippen LogP contribution in [-0.4, -0.2) is 41.6 Å². The maximum atomic E-state index is 12.0. The molecule has 0 bridgehead atoms. The van der Waals surface area contributed by atoms with Crippen molar-refractivity contribution in [2.45, 2.75) is 69.1 Å². The lowest BCUT2D eigenvalue weighted by Crippen LogP contribution is -2.45. The third kappa shape index (κ3) is 4.04. The molecule has 1 N–H and O–H groups in total. The van der Waals surface area contributed by atoms with E-state index in [-0.39, 0.29) is 11.6 Å². The molecule has 0 atom stereocenters. The Bertz CT molecular complexity index is 449. The maximum Gasteiger partial charge on any atom is 0.220 e. The van der Waals surface area contributed by atoms with Gasteiger partial charge >= 0.3 is 0 Å². The lowest BCUT2D eigenvalue weighted by molar-refractivity contribution is -0.122. The summed E-state index contributed by atoms with van der Waals surface area (Å²) in [5.41, 5.74) is -0.334. The van der Waals surface area contributed by atoms with Gasteiger partial charge in [-0.2, -0.15) is 10.2 Å². The van der Waals surface area contributed by atoms with E-state index < -0.39 is 0 Å². The Morgan fingerprint density at radius 3 is 2.52 bits per heavy atom. The molecule has 3 aliphatic rings. The van der Waals surface area contributed by atoms with Crippen molar-refractivity contribution in [2.24, 2.45) is 10.2 Å². The van der Waals surface area contributed by atoms with E-state index in [1.165, 1.54) is 12.8 Å². The zero-order valence-corrected chi connectivity index (χ0v) is 12.6. The Morgan fingerprint density at radius 1 is 1.24 bits per heavy atom. The van der Waals surface area contributed by atoms with Gasteiger partial charge in [-0.1, -0.05) is 0 Å². The summed E-state index contributed by atoms with van der Waals surface area (Å²) in [7, 11) is 0. The molecule has 0 spiro atoms. The van der Waals surface area contributed by atoms with Crippen LogP contribution in [-0.2, 0) is 4.79 Å². The standard InChI is InChI=1S/C16H24N4O/c1-2-3-9-16(18-19-16)10-6-15(21)17-13-7-11-20(12-8-13)14-4-5-14/h1,13-14H,3-12H2,(H,17,21). The molecule has 5 heteroatoms. The lowest BCUT2D eigenvalue weighted by atomic mass is 10.0. The Hall–Kier alpha value is -1.41. The minimum atomic E-state index is -0.334. The van der Waals surface area contributed by atoms with Crippen LogP contribution in [0.1, 0.15) is 51.4 Å². The molecule has 21 heavy (non-hydrogen) atoms. The van der Waals surface area contributed by atoms with E-state index in [1.54, 1.807) is 0 Å². The van der Waals surface area contributed by atoms with Gasteiger partial charge in [0.2, 0.25) is 5.91 Å². The molecule has 1 saturated carbocycles. The van der Waals surface area contributed by atoms with Crippen molar-refractivity contribution < 1.29 is 4.79 Å². The van der Waals surface area contributed by atoms with Crippen molar-refractivity contribution in [2.75, 3.05) is 13.1 Å². The van der Waals surface area contributed by atoms with Crippen LogP contribution in [0.25, 0.3) is 0 Å². The zero-order chi connectivity index (χ0) is 14.7. The number of carbonyl (C=O) groups excluding carboxylic acids is 1. The SMILES string of the molecule is C#CCCC1(CCC(=O)NC2CCN(C3CC3)CC2)N=N1. The molecule has 1 aliphatic carbocycles. The normalized spacial score (nSPS) is 24.5. The van der Waals surface area contributed by atoms with E-state index >= 15 is 0 Å². The summed E-state index contributed by atoms with van der Waals surface area (Å²) in [6.07, 6.45) is 12.8. The van der Waals surface area contributed by atoms with Crippen LogP contribution in [0.3, 0.4) is 0 Å². The van der Waals surface area contributed by atoms with E-state index in [4.69, 9.17) is 6.42 Å². The first kappa shape index (κ1) is 14.5. The topological polar surface area (TPSA) is 57.1 Å². The molecule has 2 heterocycles. The Balaban J connectivity index is 1.32. The van der Waals surface area contributed by atoms with Crippen molar-refractivity contribution in [3.05, 3.63) is 0 Å². The molecule has 3 rings (SSSR count). The van der Waals surface area contributed by atoms with Crippen LogP contribution in [0, 0.1) is 12.3 Å².